The summed E-state index contributed by atoms with van der Waals surface area (Å²) in [6, 6.07) is 0. The van der Waals surface area contributed by atoms with Crippen LogP contribution in [0.4, 0.5) is 0 Å². The predicted molar refractivity (Wildman–Crippen MR) is 118 cm³/mol. The van der Waals surface area contributed by atoms with Crippen molar-refractivity contribution >= 4 is 25.2 Å². The molecule has 0 aliphatic heterocycles. The Morgan fingerprint density at radius 2 is 1.29 bits per heavy atom. The Labute approximate surface area is 175 Å². The quantitative estimate of drug-likeness (QED) is 0.187. The van der Waals surface area contributed by atoms with Gasteiger partial charge in [0.05, 0.1) is 0 Å². The van der Waals surface area contributed by atoms with Crippen LogP contribution in [0.15, 0.2) is 0 Å². The van der Waals surface area contributed by atoms with E-state index in [4.69, 9.17) is 9.47 Å². The number of esters is 2. The van der Waals surface area contributed by atoms with Crippen LogP contribution in [0.3, 0.4) is 0 Å². The van der Waals surface area contributed by atoms with Gasteiger partial charge in [0.15, 0.2) is 0 Å². The van der Waals surface area contributed by atoms with Gasteiger partial charge in [0.25, 0.3) is 0 Å². The SMILES string of the molecule is CCC[CH2][Ge]([CH2]CCC)([CH2]CCC)[CH2][C@@H]1CC(C(=O)OC)(C(=O)OC)C[C@H]1C. The summed E-state index contributed by atoms with van der Waals surface area (Å²) in [5.74, 6) is 0.0156. The number of carbonyl (C=O) groups is 2. The van der Waals surface area contributed by atoms with Crippen molar-refractivity contribution in [2.75, 3.05) is 14.2 Å². The maximum absolute atomic E-state index is 12.6. The molecule has 0 spiro atoms. The number of hydrogen-bond donors (Lipinski definition) is 0. The van der Waals surface area contributed by atoms with Crippen LogP contribution in [0, 0.1) is 17.3 Å². The second kappa shape index (κ2) is 12.2. The van der Waals surface area contributed by atoms with Crippen molar-refractivity contribution in [2.24, 2.45) is 17.3 Å². The van der Waals surface area contributed by atoms with Gasteiger partial charge in [0, 0.05) is 0 Å². The van der Waals surface area contributed by atoms with E-state index in [9.17, 15) is 9.59 Å². The van der Waals surface area contributed by atoms with Gasteiger partial charge >= 0.3 is 176 Å². The fraction of sp³-hybridized carbons (Fsp3) is 0.913. The summed E-state index contributed by atoms with van der Waals surface area (Å²) >= 11 is -2.04. The minimum absolute atomic E-state index is 0.369. The molecule has 0 bridgehead atoms. The third-order valence-corrected chi connectivity index (χ3v) is 18.9. The zero-order valence-electron chi connectivity index (χ0n) is 19.3. The third kappa shape index (κ3) is 6.24. The van der Waals surface area contributed by atoms with Crippen molar-refractivity contribution in [2.45, 2.75) is 100 Å². The van der Waals surface area contributed by atoms with Crippen LogP contribution in [0.5, 0.6) is 0 Å². The molecule has 1 aliphatic carbocycles. The van der Waals surface area contributed by atoms with E-state index in [1.807, 2.05) is 0 Å². The number of methoxy groups -OCH3 is 2. The average Bonchev–Trinajstić information content (AvgIpc) is 3.04. The fourth-order valence-electron chi connectivity index (χ4n) is 5.42. The zero-order chi connectivity index (χ0) is 21.2. The molecule has 28 heavy (non-hydrogen) atoms. The Morgan fingerprint density at radius 1 is 0.857 bits per heavy atom. The first-order valence-electron chi connectivity index (χ1n) is 11.5. The Bertz CT molecular complexity index is 453. The van der Waals surface area contributed by atoms with E-state index >= 15 is 0 Å². The van der Waals surface area contributed by atoms with Gasteiger partial charge in [-0.05, 0) is 0 Å². The molecule has 0 aromatic heterocycles. The van der Waals surface area contributed by atoms with Crippen LogP contribution < -0.4 is 0 Å². The van der Waals surface area contributed by atoms with E-state index in [0.29, 0.717) is 24.7 Å². The van der Waals surface area contributed by atoms with Crippen LogP contribution in [-0.2, 0) is 19.1 Å². The van der Waals surface area contributed by atoms with Crippen LogP contribution in [-0.4, -0.2) is 39.4 Å². The zero-order valence-corrected chi connectivity index (χ0v) is 21.4. The van der Waals surface area contributed by atoms with Gasteiger partial charge in [-0.15, -0.1) is 0 Å². The van der Waals surface area contributed by atoms with Crippen LogP contribution in [0.1, 0.15) is 79.1 Å². The molecule has 1 rings (SSSR count). The van der Waals surface area contributed by atoms with Gasteiger partial charge in [0.1, 0.15) is 0 Å². The van der Waals surface area contributed by atoms with E-state index in [2.05, 4.69) is 27.7 Å². The maximum atomic E-state index is 12.6. The Balaban J connectivity index is 3.11. The van der Waals surface area contributed by atoms with Gasteiger partial charge in [-0.3, -0.25) is 0 Å². The van der Waals surface area contributed by atoms with Gasteiger partial charge < -0.3 is 0 Å². The summed E-state index contributed by atoms with van der Waals surface area (Å²) < 4.78 is 10.1. The summed E-state index contributed by atoms with van der Waals surface area (Å²) in [5, 5.41) is 5.65. The van der Waals surface area contributed by atoms with E-state index in [1.54, 1.807) is 0 Å². The van der Waals surface area contributed by atoms with Crippen molar-refractivity contribution in [1.29, 1.82) is 0 Å². The summed E-state index contributed by atoms with van der Waals surface area (Å²) in [6.45, 7) is 9.11. The van der Waals surface area contributed by atoms with E-state index < -0.39 is 30.6 Å². The van der Waals surface area contributed by atoms with Gasteiger partial charge in [-0.2, -0.15) is 0 Å². The molecule has 4 nitrogen and oxygen atoms in total. The van der Waals surface area contributed by atoms with Crippen molar-refractivity contribution in [1.82, 2.24) is 0 Å². The predicted octanol–water partition coefficient (Wildman–Crippen LogP) is 6.21. The van der Waals surface area contributed by atoms with Crippen LogP contribution >= 0.6 is 0 Å². The van der Waals surface area contributed by atoms with E-state index in [1.165, 1.54) is 73.8 Å². The van der Waals surface area contributed by atoms with Gasteiger partial charge in [0.2, 0.25) is 0 Å². The standard InChI is InChI=1S/C23H44GeO4/c1-7-10-13-24(14-11-8-2,15-12-9-3)18-20-17-23(16-19(20)4,21(25)27-5)22(26)28-6/h19-20H,7-18H2,1-6H3/t19-,20+/m1/s1. The number of rotatable bonds is 13. The molecule has 0 saturated heterocycles. The molecular weight excluding hydrogens is 413 g/mol. The molecule has 0 unspecified atom stereocenters. The van der Waals surface area contributed by atoms with Crippen LogP contribution in [0.2, 0.25) is 21.0 Å². The molecule has 1 saturated carbocycles. The monoisotopic (exact) mass is 458 g/mol. The van der Waals surface area contributed by atoms with Crippen molar-refractivity contribution in [3.8, 4) is 0 Å². The Morgan fingerprint density at radius 3 is 1.64 bits per heavy atom. The Hall–Kier alpha value is -0.517. The summed E-state index contributed by atoms with van der Waals surface area (Å²) in [4.78, 5) is 25.2. The summed E-state index contributed by atoms with van der Waals surface area (Å²) in [6.07, 6.45) is 9.00. The third-order valence-electron chi connectivity index (χ3n) is 7.12. The first-order chi connectivity index (χ1) is 13.3. The molecular formula is C23H44GeO4. The van der Waals surface area contributed by atoms with Crippen molar-refractivity contribution in [3.63, 3.8) is 0 Å². The van der Waals surface area contributed by atoms with Gasteiger partial charge in [-0.25, -0.2) is 0 Å². The topological polar surface area (TPSA) is 52.6 Å². The van der Waals surface area contributed by atoms with Crippen molar-refractivity contribution < 1.29 is 19.1 Å². The number of hydrogen-bond acceptors (Lipinski definition) is 4. The normalized spacial score (nSPS) is 21.5. The summed E-state index contributed by atoms with van der Waals surface area (Å²) in [5.41, 5.74) is -1.08. The molecule has 0 N–H and O–H groups in total. The second-order valence-electron chi connectivity index (χ2n) is 9.23. The molecule has 164 valence electrons. The van der Waals surface area contributed by atoms with E-state index in [-0.39, 0.29) is 0 Å². The molecule has 1 fully saturated rings. The van der Waals surface area contributed by atoms with Gasteiger partial charge in [-0.1, -0.05) is 0 Å². The summed E-state index contributed by atoms with van der Waals surface area (Å²) in [7, 11) is 2.77. The van der Waals surface area contributed by atoms with Crippen LogP contribution in [0.25, 0.3) is 0 Å². The number of carbonyl (C=O) groups excluding carboxylic acids is 2. The molecule has 0 aromatic rings. The molecule has 0 heterocycles. The Kier molecular flexibility index (Phi) is 11.2. The second-order valence-corrected chi connectivity index (χ2v) is 19.5. The molecule has 0 amide bonds. The number of unbranched alkanes of at least 4 members (excludes halogenated alkanes) is 3. The molecule has 2 atom stereocenters. The average molecular weight is 457 g/mol. The first kappa shape index (κ1) is 25.5. The minimum atomic E-state index is -2.04. The fourth-order valence-corrected chi connectivity index (χ4v) is 18.7. The number of ether oxygens (including phenoxy) is 2. The van der Waals surface area contributed by atoms with Crippen molar-refractivity contribution in [3.05, 3.63) is 0 Å². The first-order valence-corrected chi connectivity index (χ1v) is 17.4. The molecule has 5 heteroatoms. The molecule has 1 aliphatic rings. The molecule has 0 radical (unpaired) electrons. The van der Waals surface area contributed by atoms with E-state index in [0.717, 1.165) is 0 Å². The molecule has 0 aromatic carbocycles.